The van der Waals surface area contributed by atoms with Crippen molar-refractivity contribution in [1.29, 1.82) is 5.26 Å². The lowest BCUT2D eigenvalue weighted by atomic mass is 10.2. The van der Waals surface area contributed by atoms with Crippen molar-refractivity contribution in [3.63, 3.8) is 0 Å². The fraction of sp³-hybridized carbons (Fsp3) is 0.933. The Morgan fingerprint density at radius 1 is 1.43 bits per heavy atom. The predicted molar refractivity (Wildman–Crippen MR) is 84.7 cm³/mol. The second kappa shape index (κ2) is 9.02. The standard InChI is InChI=1S/C15H29N2O3P/c1-11(2)17(12(3)4)21(18-9-7-8-16)20-15-10-13(5)19-14(15)6/h11-15H,7,9-10H2,1-6H3/t13-,14+,15?,21?/m0/s1/i6D. The summed E-state index contributed by atoms with van der Waals surface area (Å²) in [7, 11) is -1.26. The molecule has 1 heterocycles. The van der Waals surface area contributed by atoms with Crippen molar-refractivity contribution in [1.82, 2.24) is 4.67 Å². The molecular weight excluding hydrogens is 287 g/mol. The molecule has 1 saturated heterocycles. The SMILES string of the molecule is [2H]C[C@H]1O[C@@H](C)CC1OP(OCCC#N)N(C(C)C)C(C)C. The maximum Gasteiger partial charge on any atom is 0.259 e. The number of ether oxygens (including phenoxy) is 1. The lowest BCUT2D eigenvalue weighted by Crippen LogP contribution is -2.35. The van der Waals surface area contributed by atoms with Gasteiger partial charge >= 0.3 is 0 Å². The smallest absolute Gasteiger partial charge is 0.259 e. The van der Waals surface area contributed by atoms with Gasteiger partial charge in [0, 0.05) is 19.9 Å². The Kier molecular flexibility index (Phi) is 7.36. The van der Waals surface area contributed by atoms with E-state index in [4.69, 9.17) is 20.4 Å². The normalized spacial score (nSPS) is 28.1. The highest BCUT2D eigenvalue weighted by molar-refractivity contribution is 7.44. The zero-order valence-electron chi connectivity index (χ0n) is 14.8. The largest absolute Gasteiger partial charge is 0.373 e. The zero-order valence-corrected chi connectivity index (χ0v) is 14.7. The molecule has 0 aromatic heterocycles. The van der Waals surface area contributed by atoms with Crippen LogP contribution in [0.4, 0.5) is 0 Å². The first kappa shape index (κ1) is 17.1. The van der Waals surface area contributed by atoms with Gasteiger partial charge in [0.2, 0.25) is 0 Å². The van der Waals surface area contributed by atoms with Crippen molar-refractivity contribution in [2.75, 3.05) is 6.61 Å². The monoisotopic (exact) mass is 317 g/mol. The Labute approximate surface area is 131 Å². The van der Waals surface area contributed by atoms with E-state index in [9.17, 15) is 0 Å². The van der Waals surface area contributed by atoms with E-state index >= 15 is 0 Å². The van der Waals surface area contributed by atoms with Crippen LogP contribution in [0, 0.1) is 11.3 Å². The fourth-order valence-electron chi connectivity index (χ4n) is 2.44. The number of rotatable bonds is 8. The van der Waals surface area contributed by atoms with Gasteiger partial charge in [-0.3, -0.25) is 0 Å². The number of nitrogens with zero attached hydrogens (tertiary/aromatic N) is 2. The number of hydrogen-bond donors (Lipinski definition) is 0. The summed E-state index contributed by atoms with van der Waals surface area (Å²) >= 11 is 0. The molecule has 0 spiro atoms. The molecule has 2 unspecified atom stereocenters. The van der Waals surface area contributed by atoms with Crippen LogP contribution in [0.15, 0.2) is 0 Å². The molecule has 1 aliphatic heterocycles. The second-order valence-electron chi connectivity index (χ2n) is 5.91. The zero-order chi connectivity index (χ0) is 16.7. The van der Waals surface area contributed by atoms with Crippen LogP contribution in [-0.2, 0) is 13.8 Å². The van der Waals surface area contributed by atoms with Crippen LogP contribution in [0.3, 0.4) is 0 Å². The molecule has 21 heavy (non-hydrogen) atoms. The molecule has 4 atom stereocenters. The summed E-state index contributed by atoms with van der Waals surface area (Å²) in [5, 5.41) is 8.71. The van der Waals surface area contributed by atoms with E-state index in [1.807, 2.05) is 6.92 Å². The predicted octanol–water partition coefficient (Wildman–Crippen LogP) is 3.84. The molecular formula is C15H29N2O3P. The molecule has 122 valence electrons. The molecule has 0 aromatic rings. The first-order valence-corrected chi connectivity index (χ1v) is 8.73. The molecule has 6 heteroatoms. The van der Waals surface area contributed by atoms with Gasteiger partial charge in [-0.25, -0.2) is 4.67 Å². The van der Waals surface area contributed by atoms with Crippen LogP contribution in [-0.4, -0.2) is 41.7 Å². The summed E-state index contributed by atoms with van der Waals surface area (Å²) in [5.74, 6) is 0. The summed E-state index contributed by atoms with van der Waals surface area (Å²) in [6.45, 7) is 11.0. The maximum atomic E-state index is 8.71. The molecule has 0 aromatic carbocycles. The van der Waals surface area contributed by atoms with Crippen molar-refractivity contribution >= 4 is 8.53 Å². The molecule has 1 fully saturated rings. The third-order valence-corrected chi connectivity index (χ3v) is 5.43. The first-order valence-electron chi connectivity index (χ1n) is 8.31. The minimum absolute atomic E-state index is 0.110. The summed E-state index contributed by atoms with van der Waals surface area (Å²) < 4.78 is 27.7. The highest BCUT2D eigenvalue weighted by Crippen LogP contribution is 2.49. The Bertz CT molecular complexity index is 357. The Morgan fingerprint density at radius 3 is 2.62 bits per heavy atom. The highest BCUT2D eigenvalue weighted by atomic mass is 31.2. The van der Waals surface area contributed by atoms with E-state index in [-0.39, 0.29) is 37.3 Å². The molecule has 0 amide bonds. The molecule has 1 aliphatic rings. The lowest BCUT2D eigenvalue weighted by Gasteiger charge is -2.37. The minimum Gasteiger partial charge on any atom is -0.373 e. The summed E-state index contributed by atoms with van der Waals surface area (Å²) in [6, 6.07) is 2.66. The van der Waals surface area contributed by atoms with Gasteiger partial charge in [0.05, 0.1) is 37.4 Å². The van der Waals surface area contributed by atoms with Gasteiger partial charge in [-0.15, -0.1) is 0 Å². The highest BCUT2D eigenvalue weighted by Gasteiger charge is 2.36. The molecule has 1 rings (SSSR count). The van der Waals surface area contributed by atoms with Crippen LogP contribution < -0.4 is 0 Å². The van der Waals surface area contributed by atoms with Gasteiger partial charge in [-0.05, 0) is 41.5 Å². The molecule has 5 nitrogen and oxygen atoms in total. The average Bonchev–Trinajstić information content (AvgIpc) is 2.78. The van der Waals surface area contributed by atoms with E-state index in [1.165, 1.54) is 0 Å². The second-order valence-corrected chi connectivity index (χ2v) is 7.32. The first-order chi connectivity index (χ1) is 10.4. The van der Waals surface area contributed by atoms with Gasteiger partial charge in [-0.2, -0.15) is 5.26 Å². The average molecular weight is 317 g/mol. The van der Waals surface area contributed by atoms with Crippen molar-refractivity contribution in [3.05, 3.63) is 0 Å². The molecule has 0 aliphatic carbocycles. The van der Waals surface area contributed by atoms with Crippen LogP contribution in [0.2, 0.25) is 0 Å². The summed E-state index contributed by atoms with van der Waals surface area (Å²) in [4.78, 5) is 0. The van der Waals surface area contributed by atoms with E-state index in [2.05, 4.69) is 38.4 Å². The van der Waals surface area contributed by atoms with Gasteiger partial charge in [-0.1, -0.05) is 0 Å². The quantitative estimate of drug-likeness (QED) is 0.503. The van der Waals surface area contributed by atoms with Gasteiger partial charge in [0.25, 0.3) is 8.53 Å². The summed E-state index contributed by atoms with van der Waals surface area (Å²) in [6.07, 6.45) is 0.948. The molecule has 0 N–H and O–H groups in total. The van der Waals surface area contributed by atoms with Crippen LogP contribution in [0.1, 0.15) is 55.7 Å². The maximum absolute atomic E-state index is 8.71. The Balaban J connectivity index is 2.78. The number of hydrogen-bond acceptors (Lipinski definition) is 5. The number of nitriles is 1. The molecule has 0 radical (unpaired) electrons. The van der Waals surface area contributed by atoms with Crippen LogP contribution in [0.5, 0.6) is 0 Å². The Morgan fingerprint density at radius 2 is 2.10 bits per heavy atom. The van der Waals surface area contributed by atoms with Gasteiger partial charge < -0.3 is 13.8 Å². The Hall–Kier alpha value is -0.240. The van der Waals surface area contributed by atoms with Crippen molar-refractivity contribution < 1.29 is 15.2 Å². The van der Waals surface area contributed by atoms with Crippen LogP contribution in [0.25, 0.3) is 0 Å². The van der Waals surface area contributed by atoms with E-state index in [1.54, 1.807) is 0 Å². The molecule has 0 bridgehead atoms. The van der Waals surface area contributed by atoms with E-state index in [0.29, 0.717) is 13.0 Å². The van der Waals surface area contributed by atoms with Gasteiger partial charge in [0.1, 0.15) is 0 Å². The fourth-order valence-corrected chi connectivity index (χ4v) is 4.20. The van der Waals surface area contributed by atoms with E-state index < -0.39 is 8.53 Å². The van der Waals surface area contributed by atoms with E-state index in [0.717, 1.165) is 6.42 Å². The molecule has 0 saturated carbocycles. The van der Waals surface area contributed by atoms with Crippen molar-refractivity contribution in [3.8, 4) is 6.07 Å². The van der Waals surface area contributed by atoms with Crippen molar-refractivity contribution in [2.45, 2.75) is 84.8 Å². The third kappa shape index (κ3) is 5.81. The van der Waals surface area contributed by atoms with Gasteiger partial charge in [0.15, 0.2) is 0 Å². The van der Waals surface area contributed by atoms with Crippen molar-refractivity contribution in [2.24, 2.45) is 0 Å². The topological polar surface area (TPSA) is 54.7 Å². The lowest BCUT2D eigenvalue weighted by molar-refractivity contribution is 0.0297. The van der Waals surface area contributed by atoms with Crippen LogP contribution >= 0.6 is 8.53 Å². The summed E-state index contributed by atoms with van der Waals surface area (Å²) in [5.41, 5.74) is 0. The minimum atomic E-state index is -1.26. The third-order valence-electron chi connectivity index (χ3n) is 3.27.